The van der Waals surface area contributed by atoms with Crippen molar-refractivity contribution in [3.63, 3.8) is 0 Å². The second-order valence-corrected chi connectivity index (χ2v) is 2.95. The van der Waals surface area contributed by atoms with Crippen LogP contribution in [0.2, 0.25) is 0 Å². The highest BCUT2D eigenvalue weighted by atomic mass is 16.5. The molecule has 0 aromatic carbocycles. The maximum absolute atomic E-state index is 11.3. The Balaban J connectivity index is 2.67. The standard InChI is InChI=1S/C9H9N3O2/c1-6-3-4-7-10-11-8(9(13)14-2)12(7)5-6/h3-5H,1-2H3. The van der Waals surface area contributed by atoms with Crippen LogP contribution in [-0.4, -0.2) is 27.7 Å². The zero-order valence-electron chi connectivity index (χ0n) is 7.89. The van der Waals surface area contributed by atoms with Crippen LogP contribution in [0.25, 0.3) is 5.65 Å². The van der Waals surface area contributed by atoms with E-state index in [1.54, 1.807) is 16.7 Å². The summed E-state index contributed by atoms with van der Waals surface area (Å²) in [6.45, 7) is 1.93. The summed E-state index contributed by atoms with van der Waals surface area (Å²) in [5.74, 6) is -0.283. The van der Waals surface area contributed by atoms with Crippen molar-refractivity contribution in [1.29, 1.82) is 0 Å². The van der Waals surface area contributed by atoms with E-state index in [9.17, 15) is 4.79 Å². The minimum atomic E-state index is -0.483. The third-order valence-corrected chi connectivity index (χ3v) is 1.92. The molecule has 0 aliphatic carbocycles. The summed E-state index contributed by atoms with van der Waals surface area (Å²) >= 11 is 0. The van der Waals surface area contributed by atoms with Crippen LogP contribution >= 0.6 is 0 Å². The first-order chi connectivity index (χ1) is 6.72. The molecular formula is C9H9N3O2. The van der Waals surface area contributed by atoms with Gasteiger partial charge in [-0.25, -0.2) is 4.79 Å². The van der Waals surface area contributed by atoms with Crippen LogP contribution in [-0.2, 0) is 4.74 Å². The van der Waals surface area contributed by atoms with E-state index >= 15 is 0 Å². The molecule has 0 aliphatic rings. The molecule has 0 saturated heterocycles. The van der Waals surface area contributed by atoms with Crippen molar-refractivity contribution in [2.75, 3.05) is 7.11 Å². The van der Waals surface area contributed by atoms with Gasteiger partial charge in [0.15, 0.2) is 5.65 Å². The van der Waals surface area contributed by atoms with Gasteiger partial charge in [0.2, 0.25) is 5.82 Å². The highest BCUT2D eigenvalue weighted by Crippen LogP contribution is 2.06. The smallest absolute Gasteiger partial charge is 0.376 e. The lowest BCUT2D eigenvalue weighted by molar-refractivity contribution is 0.0585. The van der Waals surface area contributed by atoms with Crippen LogP contribution in [0.4, 0.5) is 0 Å². The third-order valence-electron chi connectivity index (χ3n) is 1.92. The Bertz CT molecular complexity index is 490. The summed E-state index contributed by atoms with van der Waals surface area (Å²) < 4.78 is 6.19. The largest absolute Gasteiger partial charge is 0.463 e. The number of pyridine rings is 1. The Labute approximate surface area is 80.3 Å². The second-order valence-electron chi connectivity index (χ2n) is 2.95. The van der Waals surface area contributed by atoms with E-state index in [-0.39, 0.29) is 5.82 Å². The number of esters is 1. The molecule has 0 bridgehead atoms. The number of carbonyl (C=O) groups excluding carboxylic acids is 1. The Kier molecular flexibility index (Phi) is 1.92. The van der Waals surface area contributed by atoms with E-state index in [0.29, 0.717) is 5.65 Å². The van der Waals surface area contributed by atoms with Crippen molar-refractivity contribution in [2.45, 2.75) is 6.92 Å². The van der Waals surface area contributed by atoms with E-state index in [2.05, 4.69) is 14.9 Å². The Morgan fingerprint density at radius 2 is 2.21 bits per heavy atom. The maximum Gasteiger partial charge on any atom is 0.376 e. The molecule has 2 aromatic rings. The molecule has 5 nitrogen and oxygen atoms in total. The fourth-order valence-corrected chi connectivity index (χ4v) is 1.23. The fourth-order valence-electron chi connectivity index (χ4n) is 1.23. The monoisotopic (exact) mass is 191 g/mol. The average Bonchev–Trinajstić information content (AvgIpc) is 2.59. The lowest BCUT2D eigenvalue weighted by Gasteiger charge is -1.98. The number of nitrogens with zero attached hydrogens (tertiary/aromatic N) is 3. The SMILES string of the molecule is COC(=O)c1nnc2ccc(C)cn12. The van der Waals surface area contributed by atoms with Crippen molar-refractivity contribution in [2.24, 2.45) is 0 Å². The molecule has 2 heterocycles. The van der Waals surface area contributed by atoms with Gasteiger partial charge in [-0.3, -0.25) is 4.40 Å². The Morgan fingerprint density at radius 3 is 2.93 bits per heavy atom. The van der Waals surface area contributed by atoms with Crippen molar-refractivity contribution >= 4 is 11.6 Å². The number of carbonyl (C=O) groups is 1. The van der Waals surface area contributed by atoms with Crippen molar-refractivity contribution < 1.29 is 9.53 Å². The molecule has 5 heteroatoms. The fraction of sp³-hybridized carbons (Fsp3) is 0.222. The molecule has 14 heavy (non-hydrogen) atoms. The number of ether oxygens (including phenoxy) is 1. The van der Waals surface area contributed by atoms with E-state index < -0.39 is 5.97 Å². The molecule has 0 amide bonds. The molecule has 0 spiro atoms. The zero-order chi connectivity index (χ0) is 10.1. The quantitative estimate of drug-likeness (QED) is 0.626. The van der Waals surface area contributed by atoms with Crippen LogP contribution in [0.3, 0.4) is 0 Å². The number of fused-ring (bicyclic) bond motifs is 1. The topological polar surface area (TPSA) is 56.5 Å². The van der Waals surface area contributed by atoms with Crippen LogP contribution in [0.15, 0.2) is 18.3 Å². The summed E-state index contributed by atoms with van der Waals surface area (Å²) in [6, 6.07) is 3.71. The zero-order valence-corrected chi connectivity index (χ0v) is 7.89. The predicted octanol–water partition coefficient (Wildman–Crippen LogP) is 0.824. The van der Waals surface area contributed by atoms with Crippen LogP contribution in [0, 0.1) is 6.92 Å². The lowest BCUT2D eigenvalue weighted by Crippen LogP contribution is -2.07. The minimum absolute atomic E-state index is 0.200. The Hall–Kier alpha value is -1.91. The molecule has 0 saturated carbocycles. The summed E-state index contributed by atoms with van der Waals surface area (Å²) in [6.07, 6.45) is 1.79. The molecule has 0 radical (unpaired) electrons. The lowest BCUT2D eigenvalue weighted by atomic mass is 10.3. The van der Waals surface area contributed by atoms with Crippen LogP contribution < -0.4 is 0 Å². The molecule has 0 aliphatic heterocycles. The molecule has 0 fully saturated rings. The van der Waals surface area contributed by atoms with Crippen molar-refractivity contribution in [3.05, 3.63) is 29.7 Å². The molecule has 0 unspecified atom stereocenters. The summed E-state index contributed by atoms with van der Waals surface area (Å²) in [5.41, 5.74) is 1.67. The molecule has 0 N–H and O–H groups in total. The van der Waals surface area contributed by atoms with Crippen molar-refractivity contribution in [3.8, 4) is 0 Å². The number of aromatic nitrogens is 3. The van der Waals surface area contributed by atoms with Gasteiger partial charge in [0.25, 0.3) is 0 Å². The molecule has 2 rings (SSSR count). The van der Waals surface area contributed by atoms with Gasteiger partial charge in [0.05, 0.1) is 7.11 Å². The van der Waals surface area contributed by atoms with Crippen LogP contribution in [0.5, 0.6) is 0 Å². The number of hydrogen-bond acceptors (Lipinski definition) is 4. The van der Waals surface area contributed by atoms with Crippen LogP contribution in [0.1, 0.15) is 16.2 Å². The number of aryl methyl sites for hydroxylation is 1. The van der Waals surface area contributed by atoms with Gasteiger partial charge in [0.1, 0.15) is 0 Å². The van der Waals surface area contributed by atoms with Gasteiger partial charge in [-0.2, -0.15) is 0 Å². The average molecular weight is 191 g/mol. The highest BCUT2D eigenvalue weighted by molar-refractivity contribution is 5.86. The van der Waals surface area contributed by atoms with E-state index in [1.807, 2.05) is 13.0 Å². The first-order valence-electron chi connectivity index (χ1n) is 4.12. The highest BCUT2D eigenvalue weighted by Gasteiger charge is 2.13. The first-order valence-corrected chi connectivity index (χ1v) is 4.12. The second kappa shape index (κ2) is 3.10. The van der Waals surface area contributed by atoms with Gasteiger partial charge in [-0.15, -0.1) is 10.2 Å². The van der Waals surface area contributed by atoms with Gasteiger partial charge < -0.3 is 4.74 Å². The summed E-state index contributed by atoms with van der Waals surface area (Å²) in [5, 5.41) is 7.59. The van der Waals surface area contributed by atoms with E-state index in [1.165, 1.54) is 7.11 Å². The number of rotatable bonds is 1. The molecule has 2 aromatic heterocycles. The van der Waals surface area contributed by atoms with Gasteiger partial charge in [-0.05, 0) is 18.6 Å². The molecule has 72 valence electrons. The normalized spacial score (nSPS) is 10.4. The van der Waals surface area contributed by atoms with Gasteiger partial charge in [0, 0.05) is 6.20 Å². The predicted molar refractivity (Wildman–Crippen MR) is 49.1 cm³/mol. The minimum Gasteiger partial charge on any atom is -0.463 e. The first kappa shape index (κ1) is 8.68. The van der Waals surface area contributed by atoms with E-state index in [4.69, 9.17) is 0 Å². The molecular weight excluding hydrogens is 182 g/mol. The van der Waals surface area contributed by atoms with Crippen molar-refractivity contribution in [1.82, 2.24) is 14.6 Å². The van der Waals surface area contributed by atoms with Gasteiger partial charge >= 0.3 is 5.97 Å². The van der Waals surface area contributed by atoms with Gasteiger partial charge in [-0.1, -0.05) is 6.07 Å². The number of hydrogen-bond donors (Lipinski definition) is 0. The molecule has 0 atom stereocenters. The number of methoxy groups -OCH3 is 1. The third kappa shape index (κ3) is 1.22. The Morgan fingerprint density at radius 1 is 1.43 bits per heavy atom. The summed E-state index contributed by atoms with van der Waals surface area (Å²) in [7, 11) is 1.32. The van der Waals surface area contributed by atoms with E-state index in [0.717, 1.165) is 5.56 Å². The summed E-state index contributed by atoms with van der Waals surface area (Å²) in [4.78, 5) is 11.3. The maximum atomic E-state index is 11.3.